The van der Waals surface area contributed by atoms with Crippen LogP contribution in [0.4, 0.5) is 5.13 Å². The molecule has 5 rings (SSSR count). The predicted molar refractivity (Wildman–Crippen MR) is 133 cm³/mol. The Morgan fingerprint density at radius 3 is 2.91 bits per heavy atom. The van der Waals surface area contributed by atoms with Gasteiger partial charge in [0.1, 0.15) is 0 Å². The zero-order valence-corrected chi connectivity index (χ0v) is 20.1. The van der Waals surface area contributed by atoms with Gasteiger partial charge in [0.2, 0.25) is 0 Å². The molecule has 2 aromatic heterocycles. The van der Waals surface area contributed by atoms with Crippen molar-refractivity contribution in [3.8, 4) is 0 Å². The van der Waals surface area contributed by atoms with Crippen LogP contribution < -0.4 is 4.90 Å². The Hall–Kier alpha value is -2.10. The highest BCUT2D eigenvalue weighted by molar-refractivity contribution is 7.22. The number of anilines is 1. The van der Waals surface area contributed by atoms with E-state index in [-0.39, 0.29) is 5.91 Å². The number of nitrogens with zero attached hydrogens (tertiary/aromatic N) is 4. The van der Waals surface area contributed by atoms with Crippen molar-refractivity contribution in [2.24, 2.45) is 0 Å². The molecule has 0 radical (unpaired) electrons. The summed E-state index contributed by atoms with van der Waals surface area (Å²) in [6.45, 7) is 6.92. The van der Waals surface area contributed by atoms with Gasteiger partial charge in [0.25, 0.3) is 5.91 Å². The molecule has 6 nitrogen and oxygen atoms in total. The van der Waals surface area contributed by atoms with Crippen LogP contribution in [0.2, 0.25) is 5.02 Å². The zero-order chi connectivity index (χ0) is 22.1. The van der Waals surface area contributed by atoms with E-state index in [9.17, 15) is 4.79 Å². The van der Waals surface area contributed by atoms with Gasteiger partial charge in [0.05, 0.1) is 39.2 Å². The third-order valence-electron chi connectivity index (χ3n) is 5.75. The van der Waals surface area contributed by atoms with Gasteiger partial charge in [-0.25, -0.2) is 9.97 Å². The molecule has 3 heterocycles. The average molecular weight is 487 g/mol. The number of hydrogen-bond donors (Lipinski definition) is 0. The number of thiazole rings is 2. The van der Waals surface area contributed by atoms with Crippen molar-refractivity contribution >= 4 is 65.7 Å². The molecule has 166 valence electrons. The topological polar surface area (TPSA) is 58.6 Å². The van der Waals surface area contributed by atoms with E-state index in [4.69, 9.17) is 21.3 Å². The van der Waals surface area contributed by atoms with Crippen LogP contribution in [0.15, 0.2) is 35.8 Å². The molecule has 0 spiro atoms. The molecule has 1 aliphatic rings. The van der Waals surface area contributed by atoms with Gasteiger partial charge in [-0.1, -0.05) is 22.9 Å². The standard InChI is InChI=1S/C23H23ClN4O2S2/c1-15-17(24)4-6-19-21(15)26-23(32-19)28(8-2-7-27-9-11-30-12-10-27)22(29)16-3-5-18-20(13-16)31-14-25-18/h3-6,13-14H,2,7-12H2,1H3. The Morgan fingerprint density at radius 1 is 1.22 bits per heavy atom. The number of ether oxygens (including phenoxy) is 1. The van der Waals surface area contributed by atoms with Crippen LogP contribution in [0, 0.1) is 6.92 Å². The maximum atomic E-state index is 13.6. The number of aryl methyl sites for hydroxylation is 1. The zero-order valence-electron chi connectivity index (χ0n) is 17.7. The predicted octanol–water partition coefficient (Wildman–Crippen LogP) is 5.24. The van der Waals surface area contributed by atoms with Crippen molar-refractivity contribution in [3.05, 3.63) is 52.0 Å². The third kappa shape index (κ3) is 4.38. The van der Waals surface area contributed by atoms with Crippen molar-refractivity contribution in [1.82, 2.24) is 14.9 Å². The Labute approximate surface area is 199 Å². The fourth-order valence-corrected chi connectivity index (χ4v) is 5.83. The van der Waals surface area contributed by atoms with Crippen LogP contribution in [0.5, 0.6) is 0 Å². The van der Waals surface area contributed by atoms with Gasteiger partial charge in [-0.05, 0) is 49.2 Å². The number of fused-ring (bicyclic) bond motifs is 2. The van der Waals surface area contributed by atoms with Gasteiger partial charge in [0.15, 0.2) is 5.13 Å². The summed E-state index contributed by atoms with van der Waals surface area (Å²) in [7, 11) is 0. The molecule has 0 atom stereocenters. The molecule has 9 heteroatoms. The monoisotopic (exact) mass is 486 g/mol. The number of amides is 1. The first-order valence-corrected chi connectivity index (χ1v) is 12.7. The van der Waals surface area contributed by atoms with Crippen LogP contribution in [-0.4, -0.2) is 60.2 Å². The van der Waals surface area contributed by atoms with Crippen molar-refractivity contribution in [1.29, 1.82) is 0 Å². The average Bonchev–Trinajstić information content (AvgIpc) is 3.46. The minimum Gasteiger partial charge on any atom is -0.379 e. The molecule has 0 unspecified atom stereocenters. The van der Waals surface area contributed by atoms with Crippen LogP contribution in [0.3, 0.4) is 0 Å². The third-order valence-corrected chi connectivity index (χ3v) is 8.00. The molecular weight excluding hydrogens is 464 g/mol. The maximum absolute atomic E-state index is 13.6. The highest BCUT2D eigenvalue weighted by atomic mass is 35.5. The molecule has 0 bridgehead atoms. The lowest BCUT2D eigenvalue weighted by molar-refractivity contribution is 0.0376. The number of hydrogen-bond acceptors (Lipinski definition) is 7. The van der Waals surface area contributed by atoms with Crippen LogP contribution in [0.1, 0.15) is 22.3 Å². The SMILES string of the molecule is Cc1c(Cl)ccc2sc(N(CCCN3CCOCC3)C(=O)c3ccc4ncsc4c3)nc12. The molecule has 32 heavy (non-hydrogen) atoms. The largest absolute Gasteiger partial charge is 0.379 e. The molecular formula is C23H23ClN4O2S2. The summed E-state index contributed by atoms with van der Waals surface area (Å²) in [5.74, 6) is -0.0370. The van der Waals surface area contributed by atoms with Crippen LogP contribution in [0.25, 0.3) is 20.4 Å². The number of halogens is 1. The first kappa shape index (κ1) is 21.7. The summed E-state index contributed by atoms with van der Waals surface area (Å²) in [5, 5.41) is 1.40. The van der Waals surface area contributed by atoms with Gasteiger partial charge in [0, 0.05) is 36.8 Å². The quantitative estimate of drug-likeness (QED) is 0.373. The summed E-state index contributed by atoms with van der Waals surface area (Å²) in [6, 6.07) is 9.57. The number of rotatable bonds is 6. The van der Waals surface area contributed by atoms with Crippen molar-refractivity contribution in [3.63, 3.8) is 0 Å². The first-order valence-electron chi connectivity index (χ1n) is 10.6. The molecule has 0 saturated carbocycles. The lowest BCUT2D eigenvalue weighted by atomic mass is 10.2. The Bertz CT molecular complexity index is 1270. The second-order valence-corrected chi connectivity index (χ2v) is 10.1. The second kappa shape index (κ2) is 9.41. The number of carbonyl (C=O) groups excluding carboxylic acids is 1. The van der Waals surface area contributed by atoms with Gasteiger partial charge >= 0.3 is 0 Å². The minimum absolute atomic E-state index is 0.0370. The highest BCUT2D eigenvalue weighted by Gasteiger charge is 2.23. The Morgan fingerprint density at radius 2 is 2.06 bits per heavy atom. The first-order chi connectivity index (χ1) is 15.6. The molecule has 2 aromatic carbocycles. The summed E-state index contributed by atoms with van der Waals surface area (Å²) >= 11 is 9.39. The Balaban J connectivity index is 1.44. The van der Waals surface area contributed by atoms with E-state index < -0.39 is 0 Å². The summed E-state index contributed by atoms with van der Waals surface area (Å²) in [5.41, 5.74) is 5.18. The van der Waals surface area contributed by atoms with E-state index in [1.165, 1.54) is 11.3 Å². The van der Waals surface area contributed by atoms with E-state index in [1.54, 1.807) is 16.8 Å². The number of aromatic nitrogens is 2. The summed E-state index contributed by atoms with van der Waals surface area (Å²) in [4.78, 5) is 27.0. The van der Waals surface area contributed by atoms with E-state index in [2.05, 4.69) is 9.88 Å². The van der Waals surface area contributed by atoms with Crippen molar-refractivity contribution < 1.29 is 9.53 Å². The van der Waals surface area contributed by atoms with Crippen molar-refractivity contribution in [2.75, 3.05) is 44.3 Å². The smallest absolute Gasteiger partial charge is 0.260 e. The van der Waals surface area contributed by atoms with Crippen LogP contribution >= 0.6 is 34.3 Å². The number of morpholine rings is 1. The second-order valence-electron chi connectivity index (χ2n) is 7.81. The molecule has 1 fully saturated rings. The van der Waals surface area contributed by atoms with Crippen LogP contribution in [-0.2, 0) is 4.74 Å². The molecule has 1 aliphatic heterocycles. The molecule has 4 aromatic rings. The molecule has 1 saturated heterocycles. The van der Waals surface area contributed by atoms with Gasteiger partial charge in [-0.15, -0.1) is 11.3 Å². The number of benzene rings is 2. The Kier molecular flexibility index (Phi) is 6.39. The molecule has 0 aliphatic carbocycles. The van der Waals surface area contributed by atoms with E-state index in [0.29, 0.717) is 22.3 Å². The van der Waals surface area contributed by atoms with E-state index in [0.717, 1.165) is 65.3 Å². The fourth-order valence-electron chi connectivity index (χ4n) is 3.91. The van der Waals surface area contributed by atoms with Crippen molar-refractivity contribution in [2.45, 2.75) is 13.3 Å². The summed E-state index contributed by atoms with van der Waals surface area (Å²) < 4.78 is 7.49. The fraction of sp³-hybridized carbons (Fsp3) is 0.348. The maximum Gasteiger partial charge on any atom is 0.260 e. The molecule has 0 N–H and O–H groups in total. The lowest BCUT2D eigenvalue weighted by Crippen LogP contribution is -2.39. The molecule has 1 amide bonds. The number of carbonyl (C=O) groups is 1. The van der Waals surface area contributed by atoms with Gasteiger partial charge < -0.3 is 4.74 Å². The normalized spacial score (nSPS) is 14.9. The van der Waals surface area contributed by atoms with Gasteiger partial charge in [-0.3, -0.25) is 14.6 Å². The highest BCUT2D eigenvalue weighted by Crippen LogP contribution is 2.34. The summed E-state index contributed by atoms with van der Waals surface area (Å²) in [6.07, 6.45) is 0.865. The van der Waals surface area contributed by atoms with E-state index >= 15 is 0 Å². The minimum atomic E-state index is -0.0370. The lowest BCUT2D eigenvalue weighted by Gasteiger charge is -2.27. The van der Waals surface area contributed by atoms with Gasteiger partial charge in [-0.2, -0.15) is 0 Å². The van der Waals surface area contributed by atoms with E-state index in [1.807, 2.05) is 42.2 Å².